The van der Waals surface area contributed by atoms with Crippen LogP contribution in [0.3, 0.4) is 0 Å². The first-order valence-corrected chi connectivity index (χ1v) is 10.5. The second kappa shape index (κ2) is 7.85. The van der Waals surface area contributed by atoms with E-state index in [1.807, 2.05) is 11.4 Å². The van der Waals surface area contributed by atoms with Crippen molar-refractivity contribution in [1.29, 1.82) is 0 Å². The first-order valence-electron chi connectivity index (χ1n) is 9.62. The summed E-state index contributed by atoms with van der Waals surface area (Å²) in [5.41, 5.74) is 7.74. The van der Waals surface area contributed by atoms with E-state index < -0.39 is 0 Å². The minimum Gasteiger partial charge on any atom is -0.366 e. The van der Waals surface area contributed by atoms with Gasteiger partial charge in [-0.1, -0.05) is 19.9 Å². The average molecular weight is 384 g/mol. The van der Waals surface area contributed by atoms with E-state index in [1.165, 1.54) is 28.2 Å². The molecule has 1 atom stereocenters. The van der Waals surface area contributed by atoms with Gasteiger partial charge in [0.1, 0.15) is 0 Å². The molecule has 1 amide bonds. The number of anilines is 1. The molecule has 0 saturated carbocycles. The summed E-state index contributed by atoms with van der Waals surface area (Å²) in [5, 5.41) is 6.07. The van der Waals surface area contributed by atoms with Gasteiger partial charge in [-0.15, -0.1) is 11.3 Å². The second-order valence-electron chi connectivity index (χ2n) is 8.01. The number of hydrogen-bond acceptors (Lipinski definition) is 4. The Morgan fingerprint density at radius 2 is 2.22 bits per heavy atom. The van der Waals surface area contributed by atoms with E-state index in [0.29, 0.717) is 10.8 Å². The van der Waals surface area contributed by atoms with Crippen LogP contribution in [0.5, 0.6) is 0 Å². The van der Waals surface area contributed by atoms with Gasteiger partial charge in [0.15, 0.2) is 0 Å². The highest BCUT2D eigenvalue weighted by Crippen LogP contribution is 2.44. The van der Waals surface area contributed by atoms with Crippen molar-refractivity contribution in [3.8, 4) is 0 Å². The lowest BCUT2D eigenvalue weighted by Gasteiger charge is -2.48. The van der Waals surface area contributed by atoms with Crippen molar-refractivity contribution in [3.05, 3.63) is 51.2 Å². The Balaban J connectivity index is 1.86. The highest BCUT2D eigenvalue weighted by atomic mass is 32.1. The summed E-state index contributed by atoms with van der Waals surface area (Å²) in [7, 11) is 0. The van der Waals surface area contributed by atoms with Gasteiger partial charge < -0.3 is 4.90 Å². The third-order valence-corrected chi connectivity index (χ3v) is 6.20. The van der Waals surface area contributed by atoms with Crippen LogP contribution < -0.4 is 10.3 Å². The smallest absolute Gasteiger partial charge is 0.281 e. The summed E-state index contributed by atoms with van der Waals surface area (Å²) in [5.74, 6) is 0.331. The molecule has 0 saturated heterocycles. The highest BCUT2D eigenvalue weighted by molar-refractivity contribution is 7.12. The van der Waals surface area contributed by atoms with Crippen molar-refractivity contribution in [2.75, 3.05) is 11.4 Å². The number of rotatable bonds is 5. The van der Waals surface area contributed by atoms with Gasteiger partial charge >= 0.3 is 0 Å². The maximum atomic E-state index is 12.0. The van der Waals surface area contributed by atoms with E-state index in [0.717, 1.165) is 24.9 Å². The molecule has 2 aromatic rings. The zero-order chi connectivity index (χ0) is 19.6. The van der Waals surface area contributed by atoms with Crippen molar-refractivity contribution in [1.82, 2.24) is 5.43 Å². The number of nitrogens with zero attached hydrogens (tertiary/aromatic N) is 2. The van der Waals surface area contributed by atoms with Gasteiger partial charge in [0.2, 0.25) is 0 Å². The Labute approximate surface area is 166 Å². The molecule has 1 aliphatic heterocycles. The molecule has 1 aromatic heterocycles. The molecule has 5 heteroatoms. The SMILES string of the molecule is CCCN1c2cc(C)c(/C=N/NC(=O)c3cccs3)cc2C(C)CC1(C)C. The first-order chi connectivity index (χ1) is 12.8. The van der Waals surface area contributed by atoms with Gasteiger partial charge in [-0.2, -0.15) is 5.10 Å². The number of thiophene rings is 1. The van der Waals surface area contributed by atoms with Gasteiger partial charge in [0.05, 0.1) is 11.1 Å². The number of fused-ring (bicyclic) bond motifs is 1. The van der Waals surface area contributed by atoms with E-state index in [-0.39, 0.29) is 11.4 Å². The first kappa shape index (κ1) is 19.6. The molecule has 1 aliphatic rings. The van der Waals surface area contributed by atoms with E-state index in [9.17, 15) is 4.79 Å². The predicted octanol–water partition coefficient (Wildman–Crippen LogP) is 5.32. The van der Waals surface area contributed by atoms with E-state index in [1.54, 1.807) is 12.3 Å². The van der Waals surface area contributed by atoms with Crippen LogP contribution in [0.1, 0.15) is 72.8 Å². The third-order valence-electron chi connectivity index (χ3n) is 5.34. The molecular formula is C22H29N3OS. The van der Waals surface area contributed by atoms with Crippen LogP contribution in [0.25, 0.3) is 0 Å². The van der Waals surface area contributed by atoms with Crippen molar-refractivity contribution < 1.29 is 4.79 Å². The van der Waals surface area contributed by atoms with Crippen LogP contribution in [-0.2, 0) is 0 Å². The largest absolute Gasteiger partial charge is 0.366 e. The summed E-state index contributed by atoms with van der Waals surface area (Å²) in [6, 6.07) is 8.19. The molecule has 1 N–H and O–H groups in total. The Hall–Kier alpha value is -2.14. The van der Waals surface area contributed by atoms with E-state index in [4.69, 9.17) is 0 Å². The molecule has 0 spiro atoms. The number of carbonyl (C=O) groups excluding carboxylic acids is 1. The lowest BCUT2D eigenvalue weighted by Crippen LogP contribution is -2.48. The molecule has 4 nitrogen and oxygen atoms in total. The predicted molar refractivity (Wildman–Crippen MR) is 115 cm³/mol. The zero-order valence-electron chi connectivity index (χ0n) is 16.9. The number of amides is 1. The van der Waals surface area contributed by atoms with E-state index in [2.05, 4.69) is 62.2 Å². The van der Waals surface area contributed by atoms with Crippen LogP contribution in [0.15, 0.2) is 34.7 Å². The third kappa shape index (κ3) is 4.08. The normalized spacial score (nSPS) is 18.6. The van der Waals surface area contributed by atoms with Gasteiger partial charge in [-0.3, -0.25) is 4.79 Å². The summed E-state index contributed by atoms with van der Waals surface area (Å²) in [6.07, 6.45) is 4.03. The fourth-order valence-corrected chi connectivity index (χ4v) is 4.67. The molecule has 27 heavy (non-hydrogen) atoms. The van der Waals surface area contributed by atoms with Crippen molar-refractivity contribution in [2.45, 2.75) is 58.9 Å². The quantitative estimate of drug-likeness (QED) is 0.561. The van der Waals surface area contributed by atoms with Gasteiger partial charge in [0.25, 0.3) is 5.91 Å². The molecule has 2 heterocycles. The minimum atomic E-state index is -0.166. The van der Waals surface area contributed by atoms with Crippen LogP contribution in [0.2, 0.25) is 0 Å². The fraction of sp³-hybridized carbons (Fsp3) is 0.455. The summed E-state index contributed by atoms with van der Waals surface area (Å²) in [4.78, 5) is 15.2. The molecule has 1 unspecified atom stereocenters. The van der Waals surface area contributed by atoms with Crippen molar-refractivity contribution in [2.24, 2.45) is 5.10 Å². The standard InChI is InChI=1S/C22H29N3OS/c1-6-9-25-19-11-15(2)17(12-18(19)16(3)13-22(25,4)5)14-23-24-21(26)20-8-7-10-27-20/h7-8,10-12,14,16H,6,9,13H2,1-5H3,(H,24,26)/b23-14+. The average Bonchev–Trinajstić information content (AvgIpc) is 3.14. The Morgan fingerprint density at radius 1 is 1.44 bits per heavy atom. The molecule has 3 rings (SSSR count). The number of hydrogen-bond donors (Lipinski definition) is 1. The molecule has 1 aromatic carbocycles. The van der Waals surface area contributed by atoms with Gasteiger partial charge in [-0.25, -0.2) is 5.43 Å². The lowest BCUT2D eigenvalue weighted by molar-refractivity contribution is 0.0959. The maximum absolute atomic E-state index is 12.0. The summed E-state index contributed by atoms with van der Waals surface area (Å²) < 4.78 is 0. The monoisotopic (exact) mass is 383 g/mol. The van der Waals surface area contributed by atoms with Crippen molar-refractivity contribution in [3.63, 3.8) is 0 Å². The number of benzene rings is 1. The Morgan fingerprint density at radius 3 is 2.89 bits per heavy atom. The topological polar surface area (TPSA) is 44.7 Å². The van der Waals surface area contributed by atoms with Crippen LogP contribution in [0, 0.1) is 6.92 Å². The maximum Gasteiger partial charge on any atom is 0.281 e. The summed E-state index contributed by atoms with van der Waals surface area (Å²) >= 11 is 1.41. The lowest BCUT2D eigenvalue weighted by atomic mass is 9.79. The number of aryl methyl sites for hydroxylation is 1. The highest BCUT2D eigenvalue weighted by Gasteiger charge is 2.36. The molecule has 0 bridgehead atoms. The van der Waals surface area contributed by atoms with Crippen LogP contribution in [0.4, 0.5) is 5.69 Å². The minimum absolute atomic E-state index is 0.166. The molecule has 0 fully saturated rings. The molecule has 0 radical (unpaired) electrons. The number of nitrogens with one attached hydrogen (secondary N) is 1. The van der Waals surface area contributed by atoms with Crippen LogP contribution in [-0.4, -0.2) is 24.2 Å². The Kier molecular flexibility index (Phi) is 5.70. The Bertz CT molecular complexity index is 839. The number of carbonyl (C=O) groups is 1. The summed E-state index contributed by atoms with van der Waals surface area (Å²) in [6.45, 7) is 12.4. The van der Waals surface area contributed by atoms with Crippen LogP contribution >= 0.6 is 11.3 Å². The van der Waals surface area contributed by atoms with E-state index >= 15 is 0 Å². The second-order valence-corrected chi connectivity index (χ2v) is 8.96. The molecule has 0 aliphatic carbocycles. The van der Waals surface area contributed by atoms with Gasteiger partial charge in [0, 0.05) is 17.8 Å². The molecule has 144 valence electrons. The van der Waals surface area contributed by atoms with Crippen molar-refractivity contribution >= 4 is 29.1 Å². The molecular weight excluding hydrogens is 354 g/mol. The van der Waals surface area contributed by atoms with Gasteiger partial charge in [-0.05, 0) is 79.8 Å². The fourth-order valence-electron chi connectivity index (χ4n) is 4.06. The number of hydrazone groups is 1. The zero-order valence-corrected chi connectivity index (χ0v) is 17.7.